The van der Waals surface area contributed by atoms with Gasteiger partial charge in [-0.2, -0.15) is 0 Å². The second-order valence-corrected chi connectivity index (χ2v) is 7.25. The third-order valence-electron chi connectivity index (χ3n) is 4.17. The fraction of sp³-hybridized carbons (Fsp3) is 0.875. The highest BCUT2D eigenvalue weighted by Crippen LogP contribution is 2.12. The van der Waals surface area contributed by atoms with E-state index < -0.39 is 5.60 Å². The molecule has 2 rings (SSSR count). The normalized spacial score (nSPS) is 20.5. The third kappa shape index (κ3) is 5.99. The van der Waals surface area contributed by atoms with E-state index in [1.165, 1.54) is 0 Å². The summed E-state index contributed by atoms with van der Waals surface area (Å²) in [6.07, 6.45) is 1.84. The monoisotopic (exact) mass is 326 g/mol. The Morgan fingerprint density at radius 1 is 1.09 bits per heavy atom. The predicted molar refractivity (Wildman–Crippen MR) is 88.3 cm³/mol. The number of ether oxygens (including phenoxy) is 1. The van der Waals surface area contributed by atoms with Crippen LogP contribution in [0.5, 0.6) is 0 Å². The molecule has 0 aromatic heterocycles. The lowest BCUT2D eigenvalue weighted by atomic mass is 10.1. The number of nitrogens with zero attached hydrogens (tertiary/aromatic N) is 2. The van der Waals surface area contributed by atoms with E-state index in [0.29, 0.717) is 38.8 Å². The Morgan fingerprint density at radius 3 is 2.22 bits per heavy atom. The highest BCUT2D eigenvalue weighted by Gasteiger charge is 2.27. The number of piperazine rings is 1. The average Bonchev–Trinajstić information content (AvgIpc) is 2.52. The molecule has 0 saturated carbocycles. The van der Waals surface area contributed by atoms with Crippen molar-refractivity contribution in [1.82, 2.24) is 20.4 Å². The third-order valence-corrected chi connectivity index (χ3v) is 4.17. The van der Waals surface area contributed by atoms with E-state index in [4.69, 9.17) is 4.74 Å². The Kier molecular flexibility index (Phi) is 6.24. The molecular weight excluding hydrogens is 296 g/mol. The van der Waals surface area contributed by atoms with Crippen LogP contribution in [0, 0.1) is 0 Å². The Labute approximate surface area is 138 Å². The molecule has 2 aliphatic heterocycles. The van der Waals surface area contributed by atoms with Crippen LogP contribution in [0.4, 0.5) is 4.79 Å². The summed E-state index contributed by atoms with van der Waals surface area (Å²) >= 11 is 0. The molecule has 0 unspecified atom stereocenters. The van der Waals surface area contributed by atoms with Crippen LogP contribution < -0.4 is 10.6 Å². The summed E-state index contributed by atoms with van der Waals surface area (Å²) in [7, 11) is 0. The maximum atomic E-state index is 12.3. The van der Waals surface area contributed by atoms with Gasteiger partial charge in [0.25, 0.3) is 0 Å². The van der Waals surface area contributed by atoms with Crippen molar-refractivity contribution < 1.29 is 14.3 Å². The van der Waals surface area contributed by atoms with E-state index in [2.05, 4.69) is 10.6 Å². The minimum atomic E-state index is -0.483. The van der Waals surface area contributed by atoms with Gasteiger partial charge in [0, 0.05) is 32.2 Å². The lowest BCUT2D eigenvalue weighted by Crippen LogP contribution is -2.54. The minimum Gasteiger partial charge on any atom is -0.444 e. The minimum absolute atomic E-state index is 0.118. The molecule has 2 fully saturated rings. The molecule has 0 bridgehead atoms. The van der Waals surface area contributed by atoms with Gasteiger partial charge in [-0.3, -0.25) is 4.79 Å². The fourth-order valence-corrected chi connectivity index (χ4v) is 2.83. The van der Waals surface area contributed by atoms with Crippen molar-refractivity contribution in [2.24, 2.45) is 0 Å². The first kappa shape index (κ1) is 18.0. The van der Waals surface area contributed by atoms with Gasteiger partial charge in [-0.25, -0.2) is 4.79 Å². The Balaban J connectivity index is 1.69. The summed E-state index contributed by atoms with van der Waals surface area (Å²) in [6, 6.07) is 0.434. The molecule has 2 aliphatic rings. The Morgan fingerprint density at radius 2 is 1.65 bits per heavy atom. The van der Waals surface area contributed by atoms with Gasteiger partial charge in [-0.15, -0.1) is 0 Å². The van der Waals surface area contributed by atoms with Crippen LogP contribution in [0.3, 0.4) is 0 Å². The van der Waals surface area contributed by atoms with Crippen LogP contribution in [0.2, 0.25) is 0 Å². The number of hydrogen-bond acceptors (Lipinski definition) is 5. The van der Waals surface area contributed by atoms with Crippen LogP contribution in [0.1, 0.15) is 33.6 Å². The van der Waals surface area contributed by atoms with Gasteiger partial charge in [-0.05, 0) is 46.7 Å². The molecule has 2 heterocycles. The lowest BCUT2D eigenvalue weighted by molar-refractivity contribution is -0.132. The number of piperidine rings is 1. The van der Waals surface area contributed by atoms with Crippen LogP contribution in [-0.4, -0.2) is 79.3 Å². The topological polar surface area (TPSA) is 73.9 Å². The number of carbonyl (C=O) groups is 2. The first-order valence-corrected chi connectivity index (χ1v) is 8.55. The summed E-state index contributed by atoms with van der Waals surface area (Å²) in [4.78, 5) is 27.8. The molecule has 0 aromatic carbocycles. The molecule has 0 atom stereocenters. The fourth-order valence-electron chi connectivity index (χ4n) is 2.83. The van der Waals surface area contributed by atoms with Crippen molar-refractivity contribution >= 4 is 12.0 Å². The molecule has 7 nitrogen and oxygen atoms in total. The van der Waals surface area contributed by atoms with Gasteiger partial charge in [0.1, 0.15) is 5.60 Å². The molecule has 2 saturated heterocycles. The summed E-state index contributed by atoms with van der Waals surface area (Å²) < 4.78 is 5.37. The smallest absolute Gasteiger partial charge is 0.410 e. The maximum absolute atomic E-state index is 12.3. The van der Waals surface area contributed by atoms with Crippen molar-refractivity contribution in [2.75, 3.05) is 45.8 Å². The SMILES string of the molecule is CC(C)(C)OC(=O)N1CCN(C(=O)CNC2CCNCC2)CC1. The van der Waals surface area contributed by atoms with Gasteiger partial charge in [0.05, 0.1) is 6.54 Å². The van der Waals surface area contributed by atoms with E-state index in [1.807, 2.05) is 25.7 Å². The van der Waals surface area contributed by atoms with Crippen molar-refractivity contribution in [2.45, 2.75) is 45.3 Å². The van der Waals surface area contributed by atoms with Gasteiger partial charge >= 0.3 is 6.09 Å². The highest BCUT2D eigenvalue weighted by molar-refractivity contribution is 5.78. The molecule has 0 spiro atoms. The van der Waals surface area contributed by atoms with Gasteiger partial charge in [0.15, 0.2) is 0 Å². The molecule has 0 radical (unpaired) electrons. The maximum Gasteiger partial charge on any atom is 0.410 e. The van der Waals surface area contributed by atoms with E-state index in [9.17, 15) is 9.59 Å². The molecule has 2 amide bonds. The van der Waals surface area contributed by atoms with E-state index in [-0.39, 0.29) is 12.0 Å². The zero-order chi connectivity index (χ0) is 16.9. The Hall–Kier alpha value is -1.34. The molecule has 132 valence electrons. The van der Waals surface area contributed by atoms with Crippen molar-refractivity contribution in [3.63, 3.8) is 0 Å². The van der Waals surface area contributed by atoms with E-state index >= 15 is 0 Å². The molecule has 0 aromatic rings. The molecule has 2 N–H and O–H groups in total. The number of rotatable bonds is 3. The highest BCUT2D eigenvalue weighted by atomic mass is 16.6. The first-order chi connectivity index (χ1) is 10.8. The quantitative estimate of drug-likeness (QED) is 0.786. The van der Waals surface area contributed by atoms with Crippen molar-refractivity contribution in [1.29, 1.82) is 0 Å². The van der Waals surface area contributed by atoms with Gasteiger partial charge < -0.3 is 25.2 Å². The second-order valence-electron chi connectivity index (χ2n) is 7.25. The molecular formula is C16H30N4O3. The first-order valence-electron chi connectivity index (χ1n) is 8.55. The molecule has 0 aliphatic carbocycles. The lowest BCUT2D eigenvalue weighted by Gasteiger charge is -2.36. The second kappa shape index (κ2) is 7.97. The van der Waals surface area contributed by atoms with Gasteiger partial charge in [-0.1, -0.05) is 0 Å². The number of hydrogen-bond donors (Lipinski definition) is 2. The molecule has 7 heteroatoms. The Bertz CT molecular complexity index is 408. The number of nitrogens with one attached hydrogen (secondary N) is 2. The number of amides is 2. The average molecular weight is 326 g/mol. The van der Waals surface area contributed by atoms with E-state index in [1.54, 1.807) is 4.90 Å². The summed E-state index contributed by atoms with van der Waals surface area (Å²) in [6.45, 7) is 10.2. The van der Waals surface area contributed by atoms with Gasteiger partial charge in [0.2, 0.25) is 5.91 Å². The van der Waals surface area contributed by atoms with Crippen LogP contribution >= 0.6 is 0 Å². The van der Waals surface area contributed by atoms with Crippen molar-refractivity contribution in [3.05, 3.63) is 0 Å². The zero-order valence-electron chi connectivity index (χ0n) is 14.6. The standard InChI is InChI=1S/C16H30N4O3/c1-16(2,3)23-15(22)20-10-8-19(9-11-20)14(21)12-18-13-4-6-17-7-5-13/h13,17-18H,4-12H2,1-3H3. The van der Waals surface area contributed by atoms with Crippen LogP contribution in [0.25, 0.3) is 0 Å². The largest absolute Gasteiger partial charge is 0.444 e. The summed E-state index contributed by atoms with van der Waals surface area (Å²) in [5, 5.41) is 6.66. The summed E-state index contributed by atoms with van der Waals surface area (Å²) in [5.74, 6) is 0.118. The number of carbonyl (C=O) groups excluding carboxylic acids is 2. The van der Waals surface area contributed by atoms with E-state index in [0.717, 1.165) is 25.9 Å². The molecule has 23 heavy (non-hydrogen) atoms. The van der Waals surface area contributed by atoms with Crippen molar-refractivity contribution in [3.8, 4) is 0 Å². The predicted octanol–water partition coefficient (Wildman–Crippen LogP) is 0.407. The van der Waals surface area contributed by atoms with Crippen LogP contribution in [-0.2, 0) is 9.53 Å². The zero-order valence-corrected chi connectivity index (χ0v) is 14.6. The van der Waals surface area contributed by atoms with Crippen LogP contribution in [0.15, 0.2) is 0 Å². The summed E-state index contributed by atoms with van der Waals surface area (Å²) in [5.41, 5.74) is -0.483.